The quantitative estimate of drug-likeness (QED) is 0.425. The zero-order valence-electron chi connectivity index (χ0n) is 3.98. The minimum Gasteiger partial charge on any atom is -0.394 e. The van der Waals surface area contributed by atoms with Gasteiger partial charge in [0.1, 0.15) is 0 Å². The van der Waals surface area contributed by atoms with Gasteiger partial charge in [-0.3, -0.25) is 0 Å². The number of aromatic nitrogens is 1. The van der Waals surface area contributed by atoms with Gasteiger partial charge in [-0.1, -0.05) is 12.4 Å². The molecule has 0 unspecified atom stereocenters. The summed E-state index contributed by atoms with van der Waals surface area (Å²) in [4.78, 5) is 3.66. The molecule has 0 aliphatic heterocycles. The number of pyridine rings is 1. The van der Waals surface area contributed by atoms with Crippen molar-refractivity contribution in [1.29, 1.82) is 0 Å². The Balaban J connectivity index is 0. The number of rotatable bonds is 0. The maximum atomic E-state index is 3.66. The van der Waals surface area contributed by atoms with E-state index in [0.29, 0.717) is 0 Å². The summed E-state index contributed by atoms with van der Waals surface area (Å²) in [7, 11) is 0. The molecule has 0 aromatic carbocycles. The maximum absolute atomic E-state index is 3.66. The fourth-order valence-electron chi connectivity index (χ4n) is 0.277. The van der Waals surface area contributed by atoms with Gasteiger partial charge in [0.15, 0.2) is 0 Å². The number of halogens is 1. The number of nitrogens with zero attached hydrogens (tertiary/aromatic N) is 1. The predicted octanol–water partition coefficient (Wildman–Crippen LogP) is 1.30. The summed E-state index contributed by atoms with van der Waals surface area (Å²) < 4.78 is 0. The minimum atomic E-state index is 0. The van der Waals surface area contributed by atoms with Gasteiger partial charge in [0.25, 0.3) is 0 Å². The SMILES string of the molecule is Cl.[Ni].[c-]1ccccn1. The zero-order chi connectivity index (χ0) is 4.24. The Morgan fingerprint density at radius 2 is 2.00 bits per heavy atom. The zero-order valence-corrected chi connectivity index (χ0v) is 5.79. The molecule has 0 bridgehead atoms. The van der Waals surface area contributed by atoms with E-state index in [0.717, 1.165) is 0 Å². The van der Waals surface area contributed by atoms with Crippen molar-refractivity contribution in [2.45, 2.75) is 0 Å². The molecule has 0 atom stereocenters. The van der Waals surface area contributed by atoms with E-state index in [1.807, 2.05) is 12.1 Å². The summed E-state index contributed by atoms with van der Waals surface area (Å²) in [5, 5.41) is 0. The van der Waals surface area contributed by atoms with Gasteiger partial charge < -0.3 is 4.98 Å². The van der Waals surface area contributed by atoms with Crippen LogP contribution in [0.1, 0.15) is 0 Å². The molecule has 1 aromatic rings. The van der Waals surface area contributed by atoms with Crippen LogP contribution in [0.2, 0.25) is 0 Å². The van der Waals surface area contributed by atoms with Crippen LogP contribution in [0.25, 0.3) is 0 Å². The maximum Gasteiger partial charge on any atom is 0 e. The molecule has 0 saturated heterocycles. The Morgan fingerprint density at radius 1 is 1.25 bits per heavy atom. The van der Waals surface area contributed by atoms with Crippen molar-refractivity contribution in [3.63, 3.8) is 0 Å². The molecule has 0 aliphatic rings. The average molecular weight is 173 g/mol. The van der Waals surface area contributed by atoms with Crippen LogP contribution < -0.4 is 0 Å². The minimum absolute atomic E-state index is 0. The van der Waals surface area contributed by atoms with Crippen molar-refractivity contribution in [1.82, 2.24) is 4.98 Å². The van der Waals surface area contributed by atoms with Crippen LogP contribution in [0.5, 0.6) is 0 Å². The van der Waals surface area contributed by atoms with E-state index < -0.39 is 0 Å². The molecule has 1 heterocycles. The largest absolute Gasteiger partial charge is 0.394 e. The van der Waals surface area contributed by atoms with Gasteiger partial charge in [0.05, 0.1) is 0 Å². The summed E-state index contributed by atoms with van der Waals surface area (Å²) in [6.45, 7) is 0. The summed E-state index contributed by atoms with van der Waals surface area (Å²) in [5.41, 5.74) is 0. The van der Waals surface area contributed by atoms with E-state index >= 15 is 0 Å². The standard InChI is InChI=1S/C5H4N.ClH.Ni/c1-2-4-6-5-3-1;;/h1-4H;1H;/q-1;;. The third-order valence-corrected chi connectivity index (χ3v) is 0.517. The summed E-state index contributed by atoms with van der Waals surface area (Å²) in [5.74, 6) is 0. The molecule has 1 rings (SSSR count). The van der Waals surface area contributed by atoms with E-state index in [1.54, 1.807) is 12.3 Å². The fourth-order valence-corrected chi connectivity index (χ4v) is 0.277. The first-order chi connectivity index (χ1) is 3.00. The first-order valence-corrected chi connectivity index (χ1v) is 1.77. The molecule has 0 aliphatic carbocycles. The molecule has 8 heavy (non-hydrogen) atoms. The van der Waals surface area contributed by atoms with Gasteiger partial charge >= 0.3 is 0 Å². The first kappa shape index (κ1) is 10.8. The Labute approximate surface area is 64.9 Å². The number of hydrogen-bond acceptors (Lipinski definition) is 1. The molecule has 1 aromatic heterocycles. The summed E-state index contributed by atoms with van der Waals surface area (Å²) in [6, 6.07) is 5.50. The Bertz CT molecular complexity index is 84.4. The fraction of sp³-hybridized carbons (Fsp3) is 0. The molecule has 0 saturated carbocycles. The third kappa shape index (κ3) is 4.10. The van der Waals surface area contributed by atoms with Crippen LogP contribution in [0.15, 0.2) is 24.4 Å². The first-order valence-electron chi connectivity index (χ1n) is 1.77. The molecule has 48 valence electrons. The smallest absolute Gasteiger partial charge is 0 e. The molecular weight excluding hydrogens is 168 g/mol. The molecule has 0 radical (unpaired) electrons. The summed E-state index contributed by atoms with van der Waals surface area (Å²) in [6.07, 6.45) is 4.34. The van der Waals surface area contributed by atoms with Crippen molar-refractivity contribution in [3.05, 3.63) is 30.6 Å². The van der Waals surface area contributed by atoms with E-state index in [9.17, 15) is 0 Å². The number of hydrogen-bond donors (Lipinski definition) is 0. The van der Waals surface area contributed by atoms with Crippen molar-refractivity contribution >= 4 is 12.4 Å². The van der Waals surface area contributed by atoms with Gasteiger partial charge in [-0.2, -0.15) is 18.2 Å². The van der Waals surface area contributed by atoms with Gasteiger partial charge in [-0.15, -0.1) is 12.4 Å². The van der Waals surface area contributed by atoms with Crippen molar-refractivity contribution in [3.8, 4) is 0 Å². The molecule has 0 amide bonds. The molecule has 0 fully saturated rings. The van der Waals surface area contributed by atoms with Gasteiger partial charge in [-0.25, -0.2) is 0 Å². The molecule has 1 nitrogen and oxygen atoms in total. The second kappa shape index (κ2) is 6.93. The van der Waals surface area contributed by atoms with E-state index in [2.05, 4.69) is 11.2 Å². The Kier molecular flexibility index (Phi) is 9.39. The van der Waals surface area contributed by atoms with Crippen LogP contribution in [-0.4, -0.2) is 4.98 Å². The van der Waals surface area contributed by atoms with Crippen LogP contribution in [0.3, 0.4) is 0 Å². The van der Waals surface area contributed by atoms with Gasteiger partial charge in [0, 0.05) is 16.5 Å². The van der Waals surface area contributed by atoms with Crippen LogP contribution in [0, 0.1) is 6.20 Å². The van der Waals surface area contributed by atoms with Crippen LogP contribution >= 0.6 is 12.4 Å². The predicted molar refractivity (Wildman–Crippen MR) is 30.3 cm³/mol. The average Bonchev–Trinajstić information content (AvgIpc) is 1.72. The third-order valence-electron chi connectivity index (χ3n) is 0.517. The van der Waals surface area contributed by atoms with Crippen LogP contribution in [0.4, 0.5) is 0 Å². The van der Waals surface area contributed by atoms with E-state index in [-0.39, 0.29) is 28.9 Å². The molecule has 3 heteroatoms. The van der Waals surface area contributed by atoms with Crippen molar-refractivity contribution < 1.29 is 16.5 Å². The second-order valence-corrected chi connectivity index (χ2v) is 0.959. The van der Waals surface area contributed by atoms with Gasteiger partial charge in [0.2, 0.25) is 0 Å². The van der Waals surface area contributed by atoms with E-state index in [4.69, 9.17) is 0 Å². The van der Waals surface area contributed by atoms with Gasteiger partial charge in [-0.05, 0) is 0 Å². The van der Waals surface area contributed by atoms with Crippen molar-refractivity contribution in [2.75, 3.05) is 0 Å². The molecule has 0 spiro atoms. The topological polar surface area (TPSA) is 12.9 Å². The summed E-state index contributed by atoms with van der Waals surface area (Å²) >= 11 is 0. The van der Waals surface area contributed by atoms with Crippen molar-refractivity contribution in [2.24, 2.45) is 0 Å². The van der Waals surface area contributed by atoms with E-state index in [1.165, 1.54) is 0 Å². The molecular formula is C5H5ClNNi-. The Morgan fingerprint density at radius 3 is 2.12 bits per heavy atom. The molecule has 0 N–H and O–H groups in total. The monoisotopic (exact) mass is 172 g/mol. The normalized spacial score (nSPS) is 6.00. The van der Waals surface area contributed by atoms with Crippen LogP contribution in [-0.2, 0) is 16.5 Å². The Hall–Kier alpha value is -0.0665. The second-order valence-electron chi connectivity index (χ2n) is 0.959.